The van der Waals surface area contributed by atoms with Crippen LogP contribution < -0.4 is 9.80 Å². The Morgan fingerprint density at radius 1 is 0.314 bits per heavy atom. The Hall–Kier alpha value is -6.42. The van der Waals surface area contributed by atoms with Gasteiger partial charge in [0, 0.05) is 38.2 Å². The van der Waals surface area contributed by atoms with Crippen LogP contribution in [0.1, 0.15) is 0 Å². The second-order valence-electron chi connectivity index (χ2n) is 13.0. The van der Waals surface area contributed by atoms with Crippen LogP contribution in [0.2, 0.25) is 0 Å². The maximum Gasteiger partial charge on any atom is 0.0883 e. The standard InChI is InChI=1S/C48H32N2S/c1-3-19-39(20-4-1)49(41-25-23-33-13-7-9-15-35(33)29-41)45-28-27-43-44-31-37-17-11-12-18-38(37)32-46(44)51-48(43)47(45)50(40-21-5-2-6-22-40)42-26-24-34-14-8-10-16-36(34)30-42/h1-32H. The van der Waals surface area contributed by atoms with Crippen molar-refractivity contribution in [2.75, 3.05) is 9.80 Å². The predicted molar refractivity (Wildman–Crippen MR) is 221 cm³/mol. The maximum absolute atomic E-state index is 2.47. The lowest BCUT2D eigenvalue weighted by Gasteiger charge is -2.34. The van der Waals surface area contributed by atoms with Crippen LogP contribution in [0.15, 0.2) is 194 Å². The van der Waals surface area contributed by atoms with Gasteiger partial charge in [-0.15, -0.1) is 11.3 Å². The van der Waals surface area contributed by atoms with Gasteiger partial charge in [-0.1, -0.05) is 127 Å². The number of nitrogens with zero attached hydrogens (tertiary/aromatic N) is 2. The van der Waals surface area contributed by atoms with Gasteiger partial charge in [0.1, 0.15) is 0 Å². The Morgan fingerprint density at radius 2 is 0.784 bits per heavy atom. The smallest absolute Gasteiger partial charge is 0.0883 e. The van der Waals surface area contributed by atoms with Gasteiger partial charge in [0.25, 0.3) is 0 Å². The zero-order valence-electron chi connectivity index (χ0n) is 27.8. The lowest BCUT2D eigenvalue weighted by molar-refractivity contribution is 1.24. The molecule has 1 aromatic heterocycles. The highest BCUT2D eigenvalue weighted by Gasteiger charge is 2.26. The summed E-state index contributed by atoms with van der Waals surface area (Å²) in [5.41, 5.74) is 6.69. The van der Waals surface area contributed by atoms with E-state index in [1.165, 1.54) is 52.5 Å². The minimum absolute atomic E-state index is 1.10. The van der Waals surface area contributed by atoms with Crippen molar-refractivity contribution in [2.24, 2.45) is 0 Å². The molecule has 0 bridgehead atoms. The summed E-state index contributed by atoms with van der Waals surface area (Å²) in [6.45, 7) is 0. The van der Waals surface area contributed by atoms with Gasteiger partial charge in [-0.2, -0.15) is 0 Å². The number of thiophene rings is 1. The maximum atomic E-state index is 2.47. The number of hydrogen-bond acceptors (Lipinski definition) is 3. The van der Waals surface area contributed by atoms with Gasteiger partial charge >= 0.3 is 0 Å². The number of anilines is 6. The fraction of sp³-hybridized carbons (Fsp3) is 0. The minimum Gasteiger partial charge on any atom is -0.308 e. The Morgan fingerprint density at radius 3 is 1.37 bits per heavy atom. The van der Waals surface area contributed by atoms with Crippen molar-refractivity contribution >= 4 is 98.0 Å². The SMILES string of the molecule is c1ccc(N(c2ccc3ccccc3c2)c2ccc3c(sc4cc5ccccc5cc43)c2N(c2ccccc2)c2ccc3ccccc3c2)cc1. The van der Waals surface area contributed by atoms with Crippen molar-refractivity contribution in [3.05, 3.63) is 194 Å². The molecule has 51 heavy (non-hydrogen) atoms. The van der Waals surface area contributed by atoms with Crippen molar-refractivity contribution in [3.8, 4) is 0 Å². The number of fused-ring (bicyclic) bond motifs is 6. The summed E-state index contributed by atoms with van der Waals surface area (Å²) in [7, 11) is 0. The third-order valence-corrected chi connectivity index (χ3v) is 11.1. The van der Waals surface area contributed by atoms with Crippen molar-refractivity contribution in [1.29, 1.82) is 0 Å². The Labute approximate surface area is 300 Å². The molecule has 0 amide bonds. The fourth-order valence-electron chi connectivity index (χ4n) is 7.52. The minimum atomic E-state index is 1.10. The van der Waals surface area contributed by atoms with E-state index >= 15 is 0 Å². The molecular weight excluding hydrogens is 637 g/mol. The summed E-state index contributed by atoms with van der Waals surface area (Å²) in [4.78, 5) is 4.90. The lowest BCUT2D eigenvalue weighted by atomic mass is 10.0. The average Bonchev–Trinajstić information content (AvgIpc) is 3.56. The molecule has 0 radical (unpaired) electrons. The molecule has 3 heteroatoms. The van der Waals surface area contributed by atoms with Crippen LogP contribution in [0.3, 0.4) is 0 Å². The van der Waals surface area contributed by atoms with Gasteiger partial charge in [-0.05, 0) is 99.0 Å². The van der Waals surface area contributed by atoms with E-state index in [1.807, 2.05) is 11.3 Å². The molecular formula is C48H32N2S. The van der Waals surface area contributed by atoms with Crippen LogP contribution in [0.4, 0.5) is 34.1 Å². The first-order chi connectivity index (χ1) is 25.3. The highest BCUT2D eigenvalue weighted by molar-refractivity contribution is 7.26. The third-order valence-electron chi connectivity index (χ3n) is 9.94. The number of para-hydroxylation sites is 2. The van der Waals surface area contributed by atoms with Crippen molar-refractivity contribution in [1.82, 2.24) is 0 Å². The molecule has 240 valence electrons. The molecule has 0 spiro atoms. The Balaban J connectivity index is 1.34. The molecule has 0 unspecified atom stereocenters. The molecule has 0 fully saturated rings. The van der Waals surface area contributed by atoms with Gasteiger partial charge < -0.3 is 9.80 Å². The molecule has 0 N–H and O–H groups in total. The molecule has 0 atom stereocenters. The van der Waals surface area contributed by atoms with E-state index in [0.29, 0.717) is 0 Å². The van der Waals surface area contributed by atoms with Crippen LogP contribution >= 0.6 is 11.3 Å². The summed E-state index contributed by atoms with van der Waals surface area (Å²) in [5.74, 6) is 0. The molecule has 0 aliphatic heterocycles. The van der Waals surface area contributed by atoms with E-state index in [2.05, 4.69) is 204 Å². The predicted octanol–water partition coefficient (Wildman–Crippen LogP) is 14.5. The second kappa shape index (κ2) is 12.2. The zero-order valence-corrected chi connectivity index (χ0v) is 28.6. The number of hydrogen-bond donors (Lipinski definition) is 0. The van der Waals surface area contributed by atoms with Crippen LogP contribution in [0.5, 0.6) is 0 Å². The highest BCUT2D eigenvalue weighted by atomic mass is 32.1. The monoisotopic (exact) mass is 668 g/mol. The van der Waals surface area contributed by atoms with Gasteiger partial charge in [0.05, 0.1) is 16.1 Å². The van der Waals surface area contributed by atoms with Crippen LogP contribution in [-0.2, 0) is 0 Å². The largest absolute Gasteiger partial charge is 0.308 e. The summed E-state index contributed by atoms with van der Waals surface area (Å²) in [6.07, 6.45) is 0. The molecule has 10 aromatic rings. The van der Waals surface area contributed by atoms with Gasteiger partial charge in [-0.3, -0.25) is 0 Å². The van der Waals surface area contributed by atoms with E-state index in [1.54, 1.807) is 0 Å². The molecule has 10 rings (SSSR count). The second-order valence-corrected chi connectivity index (χ2v) is 14.1. The number of benzene rings is 9. The number of rotatable bonds is 6. The van der Waals surface area contributed by atoms with Crippen LogP contribution in [0, 0.1) is 0 Å². The summed E-state index contributed by atoms with van der Waals surface area (Å²) < 4.78 is 2.53. The lowest BCUT2D eigenvalue weighted by Crippen LogP contribution is -2.17. The fourth-order valence-corrected chi connectivity index (χ4v) is 8.78. The van der Waals surface area contributed by atoms with Crippen molar-refractivity contribution in [3.63, 3.8) is 0 Å². The molecule has 9 aromatic carbocycles. The van der Waals surface area contributed by atoms with Crippen molar-refractivity contribution in [2.45, 2.75) is 0 Å². The molecule has 0 aliphatic rings. The van der Waals surface area contributed by atoms with Gasteiger partial charge in [0.15, 0.2) is 0 Å². The first kappa shape index (κ1) is 29.5. The Kier molecular flexibility index (Phi) is 7.04. The highest BCUT2D eigenvalue weighted by Crippen LogP contribution is 2.53. The summed E-state index contributed by atoms with van der Waals surface area (Å²) >= 11 is 1.88. The first-order valence-corrected chi connectivity index (χ1v) is 18.2. The summed E-state index contributed by atoms with van der Waals surface area (Å²) in [5, 5.41) is 9.93. The summed E-state index contributed by atoms with van der Waals surface area (Å²) in [6, 6.07) is 70.6. The molecule has 2 nitrogen and oxygen atoms in total. The molecule has 0 saturated carbocycles. The third kappa shape index (κ3) is 5.10. The van der Waals surface area contributed by atoms with Gasteiger partial charge in [0.2, 0.25) is 0 Å². The first-order valence-electron chi connectivity index (χ1n) is 17.3. The van der Waals surface area contributed by atoms with E-state index in [4.69, 9.17) is 0 Å². The van der Waals surface area contributed by atoms with Gasteiger partial charge in [-0.25, -0.2) is 0 Å². The molecule has 0 saturated heterocycles. The zero-order chi connectivity index (χ0) is 33.7. The van der Waals surface area contributed by atoms with Crippen molar-refractivity contribution < 1.29 is 0 Å². The van der Waals surface area contributed by atoms with E-state index in [9.17, 15) is 0 Å². The normalized spacial score (nSPS) is 11.5. The average molecular weight is 669 g/mol. The molecule has 0 aliphatic carbocycles. The quantitative estimate of drug-likeness (QED) is 0.174. The van der Waals surface area contributed by atoms with Crippen LogP contribution in [0.25, 0.3) is 52.5 Å². The van der Waals surface area contributed by atoms with Crippen LogP contribution in [-0.4, -0.2) is 0 Å². The van der Waals surface area contributed by atoms with E-state index in [0.717, 1.165) is 34.1 Å². The Bertz CT molecular complexity index is 2880. The molecule has 1 heterocycles. The topological polar surface area (TPSA) is 6.48 Å². The van der Waals surface area contributed by atoms with E-state index in [-0.39, 0.29) is 0 Å². The van der Waals surface area contributed by atoms with E-state index < -0.39 is 0 Å².